The van der Waals surface area contributed by atoms with Crippen LogP contribution in [0.1, 0.15) is 91.9 Å². The van der Waals surface area contributed by atoms with Crippen LogP contribution in [0.15, 0.2) is 12.1 Å². The molecular formula is C24H43N3O. The lowest BCUT2D eigenvalue weighted by Gasteiger charge is -2.27. The molecule has 4 nitrogen and oxygen atoms in total. The van der Waals surface area contributed by atoms with Crippen molar-refractivity contribution >= 4 is 22.8 Å². The maximum atomic E-state index is 12.9. The van der Waals surface area contributed by atoms with Gasteiger partial charge in [0, 0.05) is 25.1 Å². The van der Waals surface area contributed by atoms with E-state index in [1.165, 1.54) is 0 Å². The number of carbonyl (C=O) groups is 1. The lowest BCUT2D eigenvalue weighted by Crippen LogP contribution is -2.24. The van der Waals surface area contributed by atoms with E-state index in [0.717, 1.165) is 42.9 Å². The lowest BCUT2D eigenvalue weighted by molar-refractivity contribution is 0.0940. The highest BCUT2D eigenvalue weighted by molar-refractivity contribution is 6.00. The molecule has 1 aromatic carbocycles. The molecule has 0 amide bonds. The maximum absolute atomic E-state index is 12.9. The molecule has 1 aromatic rings. The molecule has 160 valence electrons. The quantitative estimate of drug-likeness (QED) is 0.312. The van der Waals surface area contributed by atoms with Gasteiger partial charge in [-0.05, 0) is 41.2 Å². The molecule has 0 aliphatic carbocycles. The molecule has 0 saturated carbocycles. The number of Topliss-reactive ketones (excluding diaryl/α,β-unsaturated/α-hetero) is 1. The minimum atomic E-state index is -0.0476. The van der Waals surface area contributed by atoms with E-state index in [-0.39, 0.29) is 22.0 Å². The van der Waals surface area contributed by atoms with E-state index in [1.807, 2.05) is 12.1 Å². The standard InChI is InChI=1S/C24H43N3O/c1-10-23(6,7)15-26-18-12-17(20(28)14-22(3,4)5)13-19(21(18)25)27-16-24(8,9)11-2/h12-13,26-27H,10-11,14-16,25H2,1-9H3. The molecule has 0 unspecified atom stereocenters. The van der Waals surface area contributed by atoms with Gasteiger partial charge < -0.3 is 16.4 Å². The molecule has 0 bridgehead atoms. The first-order valence-corrected chi connectivity index (χ1v) is 10.6. The van der Waals surface area contributed by atoms with E-state index >= 15 is 0 Å². The zero-order valence-corrected chi connectivity index (χ0v) is 19.7. The SMILES string of the molecule is CCC(C)(C)CNc1cc(C(=O)CC(C)(C)C)cc(NCC(C)(C)CC)c1N. The third kappa shape index (κ3) is 7.73. The summed E-state index contributed by atoms with van der Waals surface area (Å²) in [6, 6.07) is 3.84. The van der Waals surface area contributed by atoms with Gasteiger partial charge in [0.25, 0.3) is 0 Å². The van der Waals surface area contributed by atoms with Gasteiger partial charge in [-0.15, -0.1) is 0 Å². The number of nitrogens with one attached hydrogen (secondary N) is 2. The van der Waals surface area contributed by atoms with Crippen LogP contribution in [-0.4, -0.2) is 18.9 Å². The van der Waals surface area contributed by atoms with Crippen molar-refractivity contribution in [2.45, 2.75) is 81.6 Å². The van der Waals surface area contributed by atoms with Gasteiger partial charge in [0.05, 0.1) is 17.1 Å². The van der Waals surface area contributed by atoms with Crippen molar-refractivity contribution in [3.05, 3.63) is 17.7 Å². The van der Waals surface area contributed by atoms with Crippen molar-refractivity contribution < 1.29 is 4.79 Å². The van der Waals surface area contributed by atoms with Gasteiger partial charge in [0.15, 0.2) is 5.78 Å². The minimum Gasteiger partial charge on any atom is -0.395 e. The smallest absolute Gasteiger partial charge is 0.163 e. The largest absolute Gasteiger partial charge is 0.395 e. The van der Waals surface area contributed by atoms with Crippen molar-refractivity contribution in [1.82, 2.24) is 0 Å². The first-order valence-electron chi connectivity index (χ1n) is 10.6. The van der Waals surface area contributed by atoms with Crippen LogP contribution in [0.3, 0.4) is 0 Å². The summed E-state index contributed by atoms with van der Waals surface area (Å²) in [6.07, 6.45) is 2.65. The molecule has 0 saturated heterocycles. The van der Waals surface area contributed by atoms with Gasteiger partial charge in [0.1, 0.15) is 0 Å². The van der Waals surface area contributed by atoms with Crippen LogP contribution < -0.4 is 16.4 Å². The molecule has 0 spiro atoms. The first-order chi connectivity index (χ1) is 12.7. The summed E-state index contributed by atoms with van der Waals surface area (Å²) in [5, 5.41) is 6.99. The van der Waals surface area contributed by atoms with Gasteiger partial charge >= 0.3 is 0 Å². The highest BCUT2D eigenvalue weighted by atomic mass is 16.1. The van der Waals surface area contributed by atoms with Crippen molar-refractivity contribution in [1.29, 1.82) is 0 Å². The lowest BCUT2D eigenvalue weighted by atomic mass is 9.87. The summed E-state index contributed by atoms with van der Waals surface area (Å²) in [7, 11) is 0. The number of benzene rings is 1. The molecule has 4 heteroatoms. The average molecular weight is 390 g/mol. The van der Waals surface area contributed by atoms with Gasteiger partial charge in [-0.2, -0.15) is 0 Å². The Morgan fingerprint density at radius 3 is 1.57 bits per heavy atom. The van der Waals surface area contributed by atoms with E-state index in [4.69, 9.17) is 5.73 Å². The summed E-state index contributed by atoms with van der Waals surface area (Å²) >= 11 is 0. The van der Waals surface area contributed by atoms with Crippen LogP contribution in [0.2, 0.25) is 0 Å². The molecule has 0 aliphatic rings. The molecule has 1 rings (SSSR count). The molecular weight excluding hydrogens is 346 g/mol. The van der Waals surface area contributed by atoms with E-state index < -0.39 is 0 Å². The second kappa shape index (κ2) is 9.19. The van der Waals surface area contributed by atoms with Crippen LogP contribution >= 0.6 is 0 Å². The number of anilines is 3. The Hall–Kier alpha value is -1.71. The predicted molar refractivity (Wildman–Crippen MR) is 124 cm³/mol. The molecule has 4 N–H and O–H groups in total. The zero-order chi connectivity index (χ0) is 21.8. The van der Waals surface area contributed by atoms with Crippen LogP contribution in [-0.2, 0) is 0 Å². The summed E-state index contributed by atoms with van der Waals surface area (Å²) < 4.78 is 0. The van der Waals surface area contributed by atoms with Gasteiger partial charge in [-0.25, -0.2) is 0 Å². The number of rotatable bonds is 10. The Balaban J connectivity index is 3.23. The number of ketones is 1. The average Bonchev–Trinajstić information content (AvgIpc) is 2.58. The fourth-order valence-electron chi connectivity index (χ4n) is 2.61. The summed E-state index contributed by atoms with van der Waals surface area (Å²) in [4.78, 5) is 12.9. The van der Waals surface area contributed by atoms with Gasteiger partial charge in [-0.1, -0.05) is 62.3 Å². The van der Waals surface area contributed by atoms with Crippen LogP contribution in [0.4, 0.5) is 17.1 Å². The minimum absolute atomic E-state index is 0.0476. The predicted octanol–water partition coefficient (Wildman–Crippen LogP) is 6.58. The Morgan fingerprint density at radius 1 is 0.857 bits per heavy atom. The van der Waals surface area contributed by atoms with E-state index in [0.29, 0.717) is 12.1 Å². The summed E-state index contributed by atoms with van der Waals surface area (Å²) in [5.41, 5.74) is 9.86. The normalized spacial score (nSPS) is 12.8. The number of nitrogen functional groups attached to an aromatic ring is 1. The fraction of sp³-hybridized carbons (Fsp3) is 0.708. The first kappa shape index (κ1) is 24.3. The van der Waals surface area contributed by atoms with Crippen molar-refractivity contribution in [3.63, 3.8) is 0 Å². The summed E-state index contributed by atoms with van der Waals surface area (Å²) in [6.45, 7) is 21.2. The van der Waals surface area contributed by atoms with E-state index in [1.54, 1.807) is 0 Å². The Labute approximate surface area is 173 Å². The highest BCUT2D eigenvalue weighted by Crippen LogP contribution is 2.34. The molecule has 0 aliphatic heterocycles. The van der Waals surface area contributed by atoms with Gasteiger partial charge in [-0.3, -0.25) is 4.79 Å². The van der Waals surface area contributed by atoms with E-state index in [9.17, 15) is 4.79 Å². The van der Waals surface area contributed by atoms with Gasteiger partial charge in [0.2, 0.25) is 0 Å². The Kier molecular flexibility index (Phi) is 7.99. The maximum Gasteiger partial charge on any atom is 0.163 e. The van der Waals surface area contributed by atoms with Crippen molar-refractivity contribution in [2.75, 3.05) is 29.5 Å². The number of hydrogen-bond donors (Lipinski definition) is 3. The number of carbonyl (C=O) groups excluding carboxylic acids is 1. The third-order valence-electron chi connectivity index (χ3n) is 5.62. The molecule has 28 heavy (non-hydrogen) atoms. The molecule has 0 radical (unpaired) electrons. The molecule has 0 fully saturated rings. The molecule has 0 aromatic heterocycles. The third-order valence-corrected chi connectivity index (χ3v) is 5.62. The zero-order valence-electron chi connectivity index (χ0n) is 19.7. The van der Waals surface area contributed by atoms with Crippen LogP contribution in [0.25, 0.3) is 0 Å². The van der Waals surface area contributed by atoms with Crippen molar-refractivity contribution in [3.8, 4) is 0 Å². The Morgan fingerprint density at radius 2 is 1.25 bits per heavy atom. The second-order valence-corrected chi connectivity index (χ2v) is 10.9. The van der Waals surface area contributed by atoms with Crippen LogP contribution in [0, 0.1) is 16.2 Å². The monoisotopic (exact) mass is 389 g/mol. The molecule has 0 atom stereocenters. The topological polar surface area (TPSA) is 67.2 Å². The van der Waals surface area contributed by atoms with Crippen molar-refractivity contribution in [2.24, 2.45) is 16.2 Å². The van der Waals surface area contributed by atoms with E-state index in [2.05, 4.69) is 72.9 Å². The number of nitrogens with two attached hydrogens (primary N) is 1. The Bertz CT molecular complexity index is 628. The van der Waals surface area contributed by atoms with Crippen LogP contribution in [0.5, 0.6) is 0 Å². The number of hydrogen-bond acceptors (Lipinski definition) is 4. The summed E-state index contributed by atoms with van der Waals surface area (Å²) in [5.74, 6) is 0.156. The fourth-order valence-corrected chi connectivity index (χ4v) is 2.61. The molecule has 0 heterocycles. The highest BCUT2D eigenvalue weighted by Gasteiger charge is 2.22. The second-order valence-electron chi connectivity index (χ2n) is 10.9.